The molecule has 0 aliphatic rings. The van der Waals surface area contributed by atoms with Gasteiger partial charge < -0.3 is 73.4 Å². The van der Waals surface area contributed by atoms with Crippen LogP contribution in [0.2, 0.25) is 0 Å². The molecule has 0 heterocycles. The van der Waals surface area contributed by atoms with E-state index in [1.807, 2.05) is 0 Å². The molecule has 12 nitrogen and oxygen atoms in total. The van der Waals surface area contributed by atoms with Gasteiger partial charge in [0, 0.05) is 0 Å². The molecule has 0 atom stereocenters. The number of hydrogen-bond acceptors (Lipinski definition) is 12. The summed E-state index contributed by atoms with van der Waals surface area (Å²) in [5, 5.41) is 0. The molecule has 0 aliphatic heterocycles. The second-order valence-electron chi connectivity index (χ2n) is 2.21. The third-order valence-corrected chi connectivity index (χ3v) is 3.60. The van der Waals surface area contributed by atoms with Crippen LogP contribution in [0.25, 0.3) is 0 Å². The minimum Gasteiger partial charge on any atom is -0.729 e. The van der Waals surface area contributed by atoms with Gasteiger partial charge in [0.25, 0.3) is 0 Å². The van der Waals surface area contributed by atoms with Crippen molar-refractivity contribution in [1.82, 2.24) is 0 Å². The SMILES string of the molecule is NC([S-])=S(=O)=O.NC([S-])=S(=O)=O.NC([S-])=S(=O)=O.NC([S-])=S(=O)=O.[Mo+4]. The Kier molecular flexibility index (Phi) is 33.3. The number of nitrogens with two attached hydrogens (primary N) is 4. The molecule has 21 heteroatoms. The second kappa shape index (κ2) is 22.7. The van der Waals surface area contributed by atoms with Gasteiger partial charge in [-0.3, -0.25) is 0 Å². The molecule has 0 fully saturated rings. The van der Waals surface area contributed by atoms with Gasteiger partial charge in [-0.05, 0) is 17.3 Å². The molecule has 0 radical (unpaired) electrons. The molecule has 25 heavy (non-hydrogen) atoms. The van der Waals surface area contributed by atoms with Crippen LogP contribution in [0.5, 0.6) is 0 Å². The van der Waals surface area contributed by atoms with Crippen molar-refractivity contribution in [3.63, 3.8) is 0 Å². The first-order chi connectivity index (χ1) is 10.6. The Morgan fingerprint density at radius 3 is 0.480 bits per heavy atom. The predicted molar refractivity (Wildman–Crippen MR) is 102 cm³/mol. The zero-order valence-corrected chi connectivity index (χ0v) is 19.8. The van der Waals surface area contributed by atoms with Crippen LogP contribution in [0.15, 0.2) is 0 Å². The smallest absolute Gasteiger partial charge is 0.729 e. The van der Waals surface area contributed by atoms with Gasteiger partial charge in [-0.2, -0.15) is 33.7 Å². The average Bonchev–Trinajstić information content (AvgIpc) is 2.40. The molecule has 0 amide bonds. The van der Waals surface area contributed by atoms with Crippen LogP contribution in [0.1, 0.15) is 0 Å². The van der Waals surface area contributed by atoms with E-state index in [0.717, 1.165) is 0 Å². The molecule has 0 rings (SSSR count). The van der Waals surface area contributed by atoms with Crippen molar-refractivity contribution in [2.24, 2.45) is 22.9 Å². The van der Waals surface area contributed by atoms with Crippen molar-refractivity contribution < 1.29 is 54.7 Å². The third kappa shape index (κ3) is 45.6. The molecule has 146 valence electrons. The van der Waals surface area contributed by atoms with E-state index < -0.39 is 58.5 Å². The van der Waals surface area contributed by atoms with Crippen LogP contribution in [-0.4, -0.2) is 51.0 Å². The van der Waals surface area contributed by atoms with E-state index in [9.17, 15) is 33.7 Å². The van der Waals surface area contributed by atoms with Gasteiger partial charge in [-0.15, -0.1) is 0 Å². The Balaban J connectivity index is -0.0000000702. The Hall–Kier alpha value is 0.688. The summed E-state index contributed by atoms with van der Waals surface area (Å²) in [5.74, 6) is 0. The maximum absolute atomic E-state index is 9.43. The van der Waals surface area contributed by atoms with E-state index in [2.05, 4.69) is 73.4 Å². The Morgan fingerprint density at radius 1 is 0.440 bits per heavy atom. The Labute approximate surface area is 185 Å². The van der Waals surface area contributed by atoms with E-state index in [1.54, 1.807) is 0 Å². The Bertz CT molecular complexity index is 736. The van der Waals surface area contributed by atoms with Crippen LogP contribution in [-0.2, 0) is 113 Å². The van der Waals surface area contributed by atoms with Gasteiger partial charge >= 0.3 is 21.1 Å². The van der Waals surface area contributed by atoms with Crippen LogP contribution in [0.4, 0.5) is 0 Å². The number of rotatable bonds is 0. The van der Waals surface area contributed by atoms with Crippen molar-refractivity contribution in [1.29, 1.82) is 0 Å². The molecule has 0 saturated heterocycles. The Morgan fingerprint density at radius 2 is 0.480 bits per heavy atom. The largest absolute Gasteiger partial charge is 4.00 e. The molecule has 0 bridgehead atoms. The summed E-state index contributed by atoms with van der Waals surface area (Å²) < 4.78 is 73.5. The maximum Gasteiger partial charge on any atom is 4.00 e. The molecule has 0 saturated carbocycles. The summed E-state index contributed by atoms with van der Waals surface area (Å²) in [5.41, 5.74) is 18.2. The summed E-state index contributed by atoms with van der Waals surface area (Å²) >= 11 is 15.9. The van der Waals surface area contributed by atoms with Crippen LogP contribution < -0.4 is 22.9 Å². The maximum atomic E-state index is 9.43. The molecular formula is C4H8MoN4O8S8. The standard InChI is InChI=1S/4CH3NO2S2.Mo/c4*2-1(5)6(3)4;/h4*5H,2H2;/q;;;;+4/p-4. The molecule has 8 N–H and O–H groups in total. The summed E-state index contributed by atoms with van der Waals surface area (Å²) in [7, 11) is -9.43. The molecule has 0 spiro atoms. The van der Waals surface area contributed by atoms with Crippen LogP contribution in [0.3, 0.4) is 0 Å². The normalized spacial score (nSPS) is 7.36. The minimum absolute atomic E-state index is 0. The van der Waals surface area contributed by atoms with Crippen molar-refractivity contribution >= 4 is 109 Å². The van der Waals surface area contributed by atoms with E-state index >= 15 is 0 Å². The molecule has 0 unspecified atom stereocenters. The summed E-state index contributed by atoms with van der Waals surface area (Å²) in [6.07, 6.45) is 0. The first kappa shape index (κ1) is 36.6. The average molecular weight is 593 g/mol. The summed E-state index contributed by atoms with van der Waals surface area (Å²) in [6.45, 7) is 0. The molecule has 0 aromatic carbocycles. The monoisotopic (exact) mass is 594 g/mol. The predicted octanol–water partition coefficient (Wildman–Crippen LogP) is -6.17. The first-order valence-electron chi connectivity index (χ1n) is 4.12. The van der Waals surface area contributed by atoms with Gasteiger partial charge in [0.15, 0.2) is 0 Å². The molecule has 0 aromatic heterocycles. The molecule has 0 aromatic rings. The van der Waals surface area contributed by atoms with E-state index in [1.165, 1.54) is 0 Å². The van der Waals surface area contributed by atoms with E-state index in [4.69, 9.17) is 0 Å². The van der Waals surface area contributed by atoms with Gasteiger partial charge in [0.1, 0.15) is 0 Å². The fraction of sp³-hybridized carbons (Fsp3) is 0. The summed E-state index contributed by atoms with van der Waals surface area (Å²) in [6, 6.07) is 0. The minimum atomic E-state index is -2.36. The second-order valence-corrected chi connectivity index (χ2v) is 8.64. The fourth-order valence-electron chi connectivity index (χ4n) is 0. The van der Waals surface area contributed by atoms with Crippen LogP contribution in [0, 0.1) is 0 Å². The van der Waals surface area contributed by atoms with Gasteiger partial charge in [-0.1, -0.05) is 0 Å². The topological polar surface area (TPSA) is 241 Å². The first-order valence-corrected chi connectivity index (χ1v) is 10.1. The zero-order valence-electron chi connectivity index (χ0n) is 11.2. The van der Waals surface area contributed by atoms with Crippen molar-refractivity contribution in [3.8, 4) is 0 Å². The molecule has 0 aliphatic carbocycles. The van der Waals surface area contributed by atoms with E-state index in [0.29, 0.717) is 0 Å². The summed E-state index contributed by atoms with van der Waals surface area (Å²) in [4.78, 5) is 0. The zero-order chi connectivity index (χ0) is 20.6. The quantitative estimate of drug-likeness (QED) is 0.116. The van der Waals surface area contributed by atoms with Crippen molar-refractivity contribution in [2.75, 3.05) is 0 Å². The third-order valence-electron chi connectivity index (χ3n) is 0.657. The van der Waals surface area contributed by atoms with E-state index in [-0.39, 0.29) is 21.1 Å². The van der Waals surface area contributed by atoms with Crippen LogP contribution >= 0.6 is 0 Å². The van der Waals surface area contributed by atoms with Gasteiger partial charge in [0.05, 0.1) is 0 Å². The number of hydrogen-bond donors (Lipinski definition) is 4. The van der Waals surface area contributed by atoms with Gasteiger partial charge in [0.2, 0.25) is 41.2 Å². The van der Waals surface area contributed by atoms with Crippen molar-refractivity contribution in [3.05, 3.63) is 0 Å². The van der Waals surface area contributed by atoms with Gasteiger partial charge in [-0.25, -0.2) is 0 Å². The van der Waals surface area contributed by atoms with Crippen molar-refractivity contribution in [2.45, 2.75) is 0 Å². The fourth-order valence-corrected chi connectivity index (χ4v) is 0. The molecular weight excluding hydrogens is 585 g/mol.